The molecule has 0 radical (unpaired) electrons. The van der Waals surface area contributed by atoms with Crippen LogP contribution in [0.25, 0.3) is 0 Å². The van der Waals surface area contributed by atoms with Gasteiger partial charge in [-0.05, 0) is 13.8 Å². The van der Waals surface area contributed by atoms with E-state index in [2.05, 4.69) is 0 Å². The standard InChI is InChI=1S/C9H19NO5/c1-5(2)10(14-3)9-8(13)7(12)6(11)4-15-9/h5-9,11-13H,4H2,1-3H3/t6-,7+,8?,9-/m1/s1. The normalized spacial score (nSPS) is 37.6. The van der Waals surface area contributed by atoms with Gasteiger partial charge in [-0.3, -0.25) is 4.84 Å². The van der Waals surface area contributed by atoms with Gasteiger partial charge in [0.25, 0.3) is 0 Å². The van der Waals surface area contributed by atoms with Crippen LogP contribution in [0.3, 0.4) is 0 Å². The molecular formula is C9H19NO5. The monoisotopic (exact) mass is 221 g/mol. The van der Waals surface area contributed by atoms with Crippen LogP contribution in [0.2, 0.25) is 0 Å². The van der Waals surface area contributed by atoms with E-state index in [-0.39, 0.29) is 12.6 Å². The Morgan fingerprint density at radius 2 is 1.87 bits per heavy atom. The lowest BCUT2D eigenvalue weighted by atomic mass is 10.0. The topological polar surface area (TPSA) is 82.4 Å². The van der Waals surface area contributed by atoms with Gasteiger partial charge in [-0.25, -0.2) is 0 Å². The molecule has 15 heavy (non-hydrogen) atoms. The maximum absolute atomic E-state index is 9.70. The van der Waals surface area contributed by atoms with Gasteiger partial charge in [0.05, 0.1) is 13.7 Å². The van der Waals surface area contributed by atoms with E-state index in [4.69, 9.17) is 9.57 Å². The van der Waals surface area contributed by atoms with Crippen LogP contribution in [0.15, 0.2) is 0 Å². The van der Waals surface area contributed by atoms with Crippen molar-refractivity contribution < 1.29 is 24.9 Å². The average Bonchev–Trinajstić information content (AvgIpc) is 2.18. The van der Waals surface area contributed by atoms with Crippen molar-refractivity contribution in [2.75, 3.05) is 13.7 Å². The van der Waals surface area contributed by atoms with E-state index < -0.39 is 24.5 Å². The quantitative estimate of drug-likeness (QED) is 0.514. The van der Waals surface area contributed by atoms with Crippen molar-refractivity contribution in [1.82, 2.24) is 5.06 Å². The van der Waals surface area contributed by atoms with Gasteiger partial charge in [0.2, 0.25) is 0 Å². The lowest BCUT2D eigenvalue weighted by Gasteiger charge is -2.41. The zero-order chi connectivity index (χ0) is 11.6. The summed E-state index contributed by atoms with van der Waals surface area (Å²) in [7, 11) is 1.47. The van der Waals surface area contributed by atoms with Gasteiger partial charge in [0.15, 0.2) is 6.23 Å². The molecule has 6 heteroatoms. The fraction of sp³-hybridized carbons (Fsp3) is 1.00. The summed E-state index contributed by atoms with van der Waals surface area (Å²) in [5, 5.41) is 29.9. The second-order valence-electron chi connectivity index (χ2n) is 3.91. The van der Waals surface area contributed by atoms with E-state index in [9.17, 15) is 15.3 Å². The minimum absolute atomic E-state index is 0.00269. The second kappa shape index (κ2) is 5.20. The lowest BCUT2D eigenvalue weighted by Crippen LogP contribution is -2.60. The first-order chi connectivity index (χ1) is 6.99. The third kappa shape index (κ3) is 2.66. The zero-order valence-electron chi connectivity index (χ0n) is 9.20. The molecule has 0 aromatic heterocycles. The SMILES string of the molecule is CON(C(C)C)[C@@H]1OC[C@@H](O)[C@H](O)C1O. The van der Waals surface area contributed by atoms with E-state index in [0.717, 1.165) is 0 Å². The van der Waals surface area contributed by atoms with Gasteiger partial charge in [0.1, 0.15) is 18.3 Å². The third-order valence-corrected chi connectivity index (χ3v) is 2.44. The smallest absolute Gasteiger partial charge is 0.161 e. The molecule has 1 rings (SSSR count). The molecule has 1 unspecified atom stereocenters. The van der Waals surface area contributed by atoms with Crippen molar-refractivity contribution in [1.29, 1.82) is 0 Å². The Labute approximate surface area is 89.0 Å². The van der Waals surface area contributed by atoms with Crippen LogP contribution in [0.5, 0.6) is 0 Å². The molecule has 0 aliphatic carbocycles. The highest BCUT2D eigenvalue weighted by Crippen LogP contribution is 2.20. The van der Waals surface area contributed by atoms with Crippen molar-refractivity contribution in [2.24, 2.45) is 0 Å². The molecule has 90 valence electrons. The van der Waals surface area contributed by atoms with Gasteiger partial charge >= 0.3 is 0 Å². The zero-order valence-corrected chi connectivity index (χ0v) is 9.20. The minimum atomic E-state index is -1.21. The summed E-state index contributed by atoms with van der Waals surface area (Å²) in [6.07, 6.45) is -4.20. The number of nitrogens with zero attached hydrogens (tertiary/aromatic N) is 1. The summed E-state index contributed by atoms with van der Waals surface area (Å²) in [6.45, 7) is 3.73. The Bertz CT molecular complexity index is 201. The van der Waals surface area contributed by atoms with Crippen LogP contribution < -0.4 is 0 Å². The first-order valence-corrected chi connectivity index (χ1v) is 4.97. The lowest BCUT2D eigenvalue weighted by molar-refractivity contribution is -0.316. The van der Waals surface area contributed by atoms with Gasteiger partial charge in [-0.15, -0.1) is 0 Å². The minimum Gasteiger partial charge on any atom is -0.388 e. The largest absolute Gasteiger partial charge is 0.388 e. The van der Waals surface area contributed by atoms with Crippen LogP contribution in [-0.2, 0) is 9.57 Å². The summed E-state index contributed by atoms with van der Waals surface area (Å²) < 4.78 is 5.23. The van der Waals surface area contributed by atoms with Crippen molar-refractivity contribution in [2.45, 2.75) is 44.4 Å². The molecule has 0 amide bonds. The van der Waals surface area contributed by atoms with Crippen molar-refractivity contribution in [3.63, 3.8) is 0 Å². The van der Waals surface area contributed by atoms with Crippen molar-refractivity contribution in [3.05, 3.63) is 0 Å². The third-order valence-electron chi connectivity index (χ3n) is 2.44. The second-order valence-corrected chi connectivity index (χ2v) is 3.91. The molecule has 0 bridgehead atoms. The van der Waals surface area contributed by atoms with Gasteiger partial charge in [-0.2, -0.15) is 5.06 Å². The Morgan fingerprint density at radius 3 is 2.33 bits per heavy atom. The number of hydrogen-bond donors (Lipinski definition) is 3. The molecule has 0 aromatic rings. The molecule has 1 aliphatic heterocycles. The Kier molecular flexibility index (Phi) is 4.45. The van der Waals surface area contributed by atoms with Crippen molar-refractivity contribution in [3.8, 4) is 0 Å². The van der Waals surface area contributed by atoms with Crippen LogP contribution in [0.4, 0.5) is 0 Å². The summed E-state index contributed by atoms with van der Waals surface area (Å²) >= 11 is 0. The fourth-order valence-electron chi connectivity index (χ4n) is 1.62. The number of aliphatic hydroxyl groups excluding tert-OH is 3. The summed E-state index contributed by atoms with van der Waals surface area (Å²) in [6, 6.07) is -0.00269. The molecule has 6 nitrogen and oxygen atoms in total. The van der Waals surface area contributed by atoms with E-state index in [1.165, 1.54) is 12.2 Å². The number of hydroxylamine groups is 2. The molecule has 1 saturated heterocycles. The highest BCUT2D eigenvalue weighted by molar-refractivity contribution is 4.85. The summed E-state index contributed by atoms with van der Waals surface area (Å²) in [5.41, 5.74) is 0. The number of aliphatic hydroxyl groups is 3. The van der Waals surface area contributed by atoms with Gasteiger partial charge in [-0.1, -0.05) is 0 Å². The summed E-state index contributed by atoms with van der Waals surface area (Å²) in [4.78, 5) is 5.06. The van der Waals surface area contributed by atoms with Gasteiger partial charge in [0, 0.05) is 6.04 Å². The Hall–Kier alpha value is -0.240. The van der Waals surface area contributed by atoms with Crippen LogP contribution in [0, 0.1) is 0 Å². The van der Waals surface area contributed by atoms with Crippen LogP contribution in [-0.4, -0.2) is 64.7 Å². The van der Waals surface area contributed by atoms with E-state index in [1.807, 2.05) is 13.8 Å². The maximum atomic E-state index is 9.70. The fourth-order valence-corrected chi connectivity index (χ4v) is 1.62. The maximum Gasteiger partial charge on any atom is 0.161 e. The first-order valence-electron chi connectivity index (χ1n) is 4.97. The molecule has 1 heterocycles. The molecular weight excluding hydrogens is 202 g/mol. The summed E-state index contributed by atoms with van der Waals surface area (Å²) in [5.74, 6) is 0. The number of rotatable bonds is 3. The van der Waals surface area contributed by atoms with Gasteiger partial charge < -0.3 is 20.1 Å². The predicted octanol–water partition coefficient (Wildman–Crippen LogP) is -1.30. The number of hydrogen-bond acceptors (Lipinski definition) is 6. The Balaban J connectivity index is 2.69. The molecule has 1 fully saturated rings. The molecule has 0 saturated carbocycles. The molecule has 4 atom stereocenters. The highest BCUT2D eigenvalue weighted by atomic mass is 16.7. The average molecular weight is 221 g/mol. The molecule has 0 aromatic carbocycles. The number of ether oxygens (including phenoxy) is 1. The van der Waals surface area contributed by atoms with Crippen LogP contribution in [0.1, 0.15) is 13.8 Å². The molecule has 0 spiro atoms. The van der Waals surface area contributed by atoms with E-state index in [0.29, 0.717) is 0 Å². The first kappa shape index (κ1) is 12.8. The molecule has 1 aliphatic rings. The molecule has 3 N–H and O–H groups in total. The van der Waals surface area contributed by atoms with Crippen LogP contribution >= 0.6 is 0 Å². The Morgan fingerprint density at radius 1 is 1.27 bits per heavy atom. The van der Waals surface area contributed by atoms with E-state index in [1.54, 1.807) is 0 Å². The van der Waals surface area contributed by atoms with Crippen molar-refractivity contribution >= 4 is 0 Å². The highest BCUT2D eigenvalue weighted by Gasteiger charge is 2.41. The predicted molar refractivity (Wildman–Crippen MR) is 51.7 cm³/mol. The van der Waals surface area contributed by atoms with E-state index >= 15 is 0 Å².